The Morgan fingerprint density at radius 3 is 2.69 bits per heavy atom. The van der Waals surface area contributed by atoms with Gasteiger partial charge in [0.25, 0.3) is 0 Å². The molecule has 4 nitrogen and oxygen atoms in total. The molecule has 90 valence electrons. The number of sulfonamides is 1. The van der Waals surface area contributed by atoms with E-state index in [0.29, 0.717) is 6.42 Å². The van der Waals surface area contributed by atoms with E-state index in [1.165, 1.54) is 12.1 Å². The molecule has 16 heavy (non-hydrogen) atoms. The molecule has 0 fully saturated rings. The molecular formula is C10H14FNO3S. The highest BCUT2D eigenvalue weighted by Crippen LogP contribution is 2.15. The van der Waals surface area contributed by atoms with E-state index in [1.54, 1.807) is 12.1 Å². The van der Waals surface area contributed by atoms with E-state index in [1.807, 2.05) is 0 Å². The van der Waals surface area contributed by atoms with E-state index in [4.69, 9.17) is 4.74 Å². The molecule has 0 aliphatic rings. The Morgan fingerprint density at radius 1 is 1.38 bits per heavy atom. The molecule has 0 aliphatic carbocycles. The van der Waals surface area contributed by atoms with Gasteiger partial charge in [-0.2, -0.15) is 0 Å². The summed E-state index contributed by atoms with van der Waals surface area (Å²) in [6.07, 6.45) is 1.58. The van der Waals surface area contributed by atoms with Gasteiger partial charge in [0.15, 0.2) is 11.6 Å². The van der Waals surface area contributed by atoms with Gasteiger partial charge >= 0.3 is 0 Å². The van der Waals surface area contributed by atoms with E-state index < -0.39 is 15.8 Å². The van der Waals surface area contributed by atoms with Gasteiger partial charge in [0, 0.05) is 6.54 Å². The predicted molar refractivity (Wildman–Crippen MR) is 59.4 cm³/mol. The first-order chi connectivity index (χ1) is 7.49. The van der Waals surface area contributed by atoms with Crippen molar-refractivity contribution < 1.29 is 17.5 Å². The molecule has 0 saturated carbocycles. The van der Waals surface area contributed by atoms with Gasteiger partial charge in [-0.05, 0) is 18.6 Å². The third-order valence-electron chi connectivity index (χ3n) is 1.78. The van der Waals surface area contributed by atoms with Crippen molar-refractivity contribution in [1.29, 1.82) is 0 Å². The van der Waals surface area contributed by atoms with Crippen LogP contribution in [0.15, 0.2) is 24.3 Å². The van der Waals surface area contributed by atoms with E-state index >= 15 is 0 Å². The largest absolute Gasteiger partial charge is 0.490 e. The maximum Gasteiger partial charge on any atom is 0.208 e. The predicted octanol–water partition coefficient (Wildman–Crippen LogP) is 1.14. The van der Waals surface area contributed by atoms with Crippen LogP contribution in [0.4, 0.5) is 4.39 Å². The highest BCUT2D eigenvalue weighted by atomic mass is 32.2. The van der Waals surface area contributed by atoms with Crippen LogP contribution < -0.4 is 9.46 Å². The van der Waals surface area contributed by atoms with Crippen LogP contribution in [0, 0.1) is 5.82 Å². The molecule has 0 radical (unpaired) electrons. The number of ether oxygens (including phenoxy) is 1. The minimum Gasteiger partial charge on any atom is -0.490 e. The Labute approximate surface area is 94.5 Å². The van der Waals surface area contributed by atoms with Gasteiger partial charge in [-0.3, -0.25) is 0 Å². The molecule has 0 aromatic heterocycles. The molecule has 0 spiro atoms. The summed E-state index contributed by atoms with van der Waals surface area (Å²) in [4.78, 5) is 0. The molecule has 6 heteroatoms. The monoisotopic (exact) mass is 247 g/mol. The molecule has 0 bridgehead atoms. The Bertz CT molecular complexity index is 433. The van der Waals surface area contributed by atoms with Gasteiger partial charge in [-0.15, -0.1) is 0 Å². The molecule has 0 saturated heterocycles. The second-order valence-electron chi connectivity index (χ2n) is 3.30. The fourth-order valence-corrected chi connectivity index (χ4v) is 1.59. The highest BCUT2D eigenvalue weighted by molar-refractivity contribution is 7.88. The van der Waals surface area contributed by atoms with Crippen molar-refractivity contribution in [3.05, 3.63) is 30.1 Å². The van der Waals surface area contributed by atoms with Gasteiger partial charge in [0.05, 0.1) is 12.9 Å². The summed E-state index contributed by atoms with van der Waals surface area (Å²) >= 11 is 0. The van der Waals surface area contributed by atoms with E-state index in [2.05, 4.69) is 4.72 Å². The first-order valence-electron chi connectivity index (χ1n) is 4.81. The van der Waals surface area contributed by atoms with Gasteiger partial charge in [0.2, 0.25) is 10.0 Å². The summed E-state index contributed by atoms with van der Waals surface area (Å²) in [6, 6.07) is 6.09. The highest BCUT2D eigenvalue weighted by Gasteiger charge is 2.02. The van der Waals surface area contributed by atoms with Crippen LogP contribution >= 0.6 is 0 Å². The SMILES string of the molecule is CS(=O)(=O)NCCCOc1ccccc1F. The lowest BCUT2D eigenvalue weighted by atomic mass is 10.3. The first-order valence-corrected chi connectivity index (χ1v) is 6.70. The number of rotatable bonds is 6. The van der Waals surface area contributed by atoms with Crippen molar-refractivity contribution >= 4 is 10.0 Å². The maximum absolute atomic E-state index is 13.1. The van der Waals surface area contributed by atoms with Crippen molar-refractivity contribution in [3.8, 4) is 5.75 Å². The number of hydrogen-bond donors (Lipinski definition) is 1. The number of benzene rings is 1. The quantitative estimate of drug-likeness (QED) is 0.767. The Hall–Kier alpha value is -1.14. The molecule has 1 aromatic rings. The lowest BCUT2D eigenvalue weighted by molar-refractivity contribution is 0.296. The third kappa shape index (κ3) is 5.09. The molecule has 0 unspecified atom stereocenters. The molecule has 0 aliphatic heterocycles. The number of halogens is 1. The standard InChI is InChI=1S/C10H14FNO3S/c1-16(13,14)12-7-4-8-15-10-6-3-2-5-9(10)11/h2-3,5-6,12H,4,7-8H2,1H3. The fraction of sp³-hybridized carbons (Fsp3) is 0.400. The average Bonchev–Trinajstić information content (AvgIpc) is 2.18. The number of para-hydroxylation sites is 1. The average molecular weight is 247 g/mol. The molecule has 1 aromatic carbocycles. The van der Waals surface area contributed by atoms with Crippen molar-refractivity contribution in [2.75, 3.05) is 19.4 Å². The van der Waals surface area contributed by atoms with Crippen molar-refractivity contribution in [1.82, 2.24) is 4.72 Å². The normalized spacial score (nSPS) is 11.4. The number of hydrogen-bond acceptors (Lipinski definition) is 3. The van der Waals surface area contributed by atoms with Crippen molar-refractivity contribution in [3.63, 3.8) is 0 Å². The number of nitrogens with one attached hydrogen (secondary N) is 1. The lowest BCUT2D eigenvalue weighted by Gasteiger charge is -2.06. The van der Waals surface area contributed by atoms with Crippen molar-refractivity contribution in [2.24, 2.45) is 0 Å². The van der Waals surface area contributed by atoms with Crippen LogP contribution in [0.2, 0.25) is 0 Å². The zero-order chi connectivity index (χ0) is 12.0. The Morgan fingerprint density at radius 2 is 2.06 bits per heavy atom. The molecule has 0 atom stereocenters. The minimum atomic E-state index is -3.16. The summed E-state index contributed by atoms with van der Waals surface area (Å²) in [5.74, 6) is -0.236. The van der Waals surface area contributed by atoms with Crippen LogP contribution in [0.3, 0.4) is 0 Å². The summed E-state index contributed by atoms with van der Waals surface area (Å²) in [7, 11) is -3.16. The van der Waals surface area contributed by atoms with Crippen LogP contribution in [0.5, 0.6) is 5.75 Å². The minimum absolute atomic E-state index is 0.182. The summed E-state index contributed by atoms with van der Waals surface area (Å²) in [5, 5.41) is 0. The van der Waals surface area contributed by atoms with Crippen molar-refractivity contribution in [2.45, 2.75) is 6.42 Å². The fourth-order valence-electron chi connectivity index (χ4n) is 1.07. The topological polar surface area (TPSA) is 55.4 Å². The zero-order valence-corrected chi connectivity index (χ0v) is 9.76. The van der Waals surface area contributed by atoms with Gasteiger partial charge < -0.3 is 4.74 Å². The van der Waals surface area contributed by atoms with E-state index in [9.17, 15) is 12.8 Å². The Kier molecular flexibility index (Phi) is 4.70. The maximum atomic E-state index is 13.1. The van der Waals surface area contributed by atoms with Gasteiger partial charge in [0.1, 0.15) is 0 Å². The second-order valence-corrected chi connectivity index (χ2v) is 5.13. The van der Waals surface area contributed by atoms with Gasteiger partial charge in [-0.25, -0.2) is 17.5 Å². The van der Waals surface area contributed by atoms with E-state index in [-0.39, 0.29) is 18.9 Å². The summed E-state index contributed by atoms with van der Waals surface area (Å²) < 4.78 is 41.9. The zero-order valence-electron chi connectivity index (χ0n) is 8.94. The van der Waals surface area contributed by atoms with Crippen LogP contribution in [-0.2, 0) is 10.0 Å². The van der Waals surface area contributed by atoms with Crippen LogP contribution in [0.1, 0.15) is 6.42 Å². The molecule has 0 heterocycles. The summed E-state index contributed by atoms with van der Waals surface area (Å²) in [5.41, 5.74) is 0. The van der Waals surface area contributed by atoms with Crippen LogP contribution in [-0.4, -0.2) is 27.8 Å². The molecule has 1 N–H and O–H groups in total. The molecule has 0 amide bonds. The third-order valence-corrected chi connectivity index (χ3v) is 2.51. The second kappa shape index (κ2) is 5.81. The lowest BCUT2D eigenvalue weighted by Crippen LogP contribution is -2.24. The van der Waals surface area contributed by atoms with Crippen LogP contribution in [0.25, 0.3) is 0 Å². The first kappa shape index (κ1) is 12.9. The summed E-state index contributed by atoms with van der Waals surface area (Å²) in [6.45, 7) is 0.552. The Balaban J connectivity index is 2.24. The van der Waals surface area contributed by atoms with E-state index in [0.717, 1.165) is 6.26 Å². The smallest absolute Gasteiger partial charge is 0.208 e. The van der Waals surface area contributed by atoms with Gasteiger partial charge in [-0.1, -0.05) is 12.1 Å². The molecular weight excluding hydrogens is 233 g/mol. The molecule has 1 rings (SSSR count).